The van der Waals surface area contributed by atoms with Crippen LogP contribution in [0.2, 0.25) is 0 Å². The second-order valence-corrected chi connectivity index (χ2v) is 4.50. The molecule has 5 nitrogen and oxygen atoms in total. The molecule has 0 saturated carbocycles. The molecule has 1 aliphatic heterocycles. The van der Waals surface area contributed by atoms with E-state index < -0.39 is 11.8 Å². The quantitative estimate of drug-likeness (QED) is 0.756. The molecule has 20 heavy (non-hydrogen) atoms. The first-order valence-electron chi connectivity index (χ1n) is 6.12. The van der Waals surface area contributed by atoms with Crippen LogP contribution < -0.4 is 0 Å². The van der Waals surface area contributed by atoms with E-state index in [2.05, 4.69) is 0 Å². The Kier molecular flexibility index (Phi) is 4.89. The minimum atomic E-state index is -0.446. The first-order chi connectivity index (χ1) is 9.65. The van der Waals surface area contributed by atoms with E-state index in [0.29, 0.717) is 17.7 Å². The van der Waals surface area contributed by atoms with Crippen LogP contribution in [0, 0.1) is 0 Å². The zero-order valence-electron chi connectivity index (χ0n) is 10.9. The molecule has 1 aliphatic rings. The molecule has 0 N–H and O–H groups in total. The smallest absolute Gasteiger partial charge is 0.285 e. The van der Waals surface area contributed by atoms with Crippen LogP contribution in [0.5, 0.6) is 0 Å². The molecule has 6 heteroatoms. The third-order valence-electron chi connectivity index (χ3n) is 2.76. The number of carbonyl (C=O) groups excluding carboxylic acids is 2. The first-order valence-corrected chi connectivity index (χ1v) is 6.56. The number of hydroxylamine groups is 2. The average Bonchev–Trinajstić information content (AvgIpc) is 2.70. The van der Waals surface area contributed by atoms with E-state index in [0.717, 1.165) is 5.06 Å². The van der Waals surface area contributed by atoms with Crippen molar-refractivity contribution in [1.29, 1.82) is 0 Å². The van der Waals surface area contributed by atoms with E-state index in [1.807, 2.05) is 0 Å². The second-order valence-electron chi connectivity index (χ2n) is 4.25. The highest BCUT2D eigenvalue weighted by atomic mass is 35.5. The van der Waals surface area contributed by atoms with Crippen molar-refractivity contribution in [3.8, 4) is 0 Å². The Morgan fingerprint density at radius 2 is 1.85 bits per heavy atom. The summed E-state index contributed by atoms with van der Waals surface area (Å²) in [5.41, 5.74) is 2.07. The molecule has 0 aromatic heterocycles. The summed E-state index contributed by atoms with van der Waals surface area (Å²) in [5.74, 6) is -0.892. The van der Waals surface area contributed by atoms with Gasteiger partial charge in [-0.05, 0) is 25.1 Å². The van der Waals surface area contributed by atoms with Crippen LogP contribution in [0.4, 0.5) is 0 Å². The van der Waals surface area contributed by atoms with E-state index in [9.17, 15) is 9.59 Å². The molecule has 106 valence electrons. The third kappa shape index (κ3) is 3.07. The molecule has 1 unspecified atom stereocenters. The summed E-state index contributed by atoms with van der Waals surface area (Å²) in [4.78, 5) is 29.2. The molecule has 0 bridgehead atoms. The lowest BCUT2D eigenvalue weighted by molar-refractivity contribution is -0.121. The van der Waals surface area contributed by atoms with Gasteiger partial charge < -0.3 is 4.74 Å². The zero-order chi connectivity index (χ0) is 14.5. The number of hydrogen-bond acceptors (Lipinski definition) is 4. The van der Waals surface area contributed by atoms with Crippen molar-refractivity contribution in [2.45, 2.75) is 13.0 Å². The normalized spacial score (nSPS) is 16.0. The Labute approximate surface area is 121 Å². The fourth-order valence-corrected chi connectivity index (χ4v) is 1.84. The Hall–Kier alpha value is -1.69. The summed E-state index contributed by atoms with van der Waals surface area (Å²) in [5, 5.41) is 0.780. The number of ether oxygens (including phenoxy) is 1. The number of fused-ring (bicyclic) bond motifs is 1. The van der Waals surface area contributed by atoms with Gasteiger partial charge in [0.2, 0.25) is 0 Å². The van der Waals surface area contributed by atoms with Crippen molar-refractivity contribution >= 4 is 23.4 Å². The summed E-state index contributed by atoms with van der Waals surface area (Å²) in [6, 6.07) is 6.61. The van der Waals surface area contributed by atoms with E-state index in [1.165, 1.54) is 5.54 Å². The monoisotopic (exact) mass is 295 g/mol. The topological polar surface area (TPSA) is 55.8 Å². The fraction of sp³-hybridized carbons (Fsp3) is 0.286. The molecule has 2 amide bonds. The highest BCUT2D eigenvalue weighted by Gasteiger charge is 2.36. The third-order valence-corrected chi connectivity index (χ3v) is 2.94. The van der Waals surface area contributed by atoms with E-state index in [4.69, 9.17) is 21.2 Å². The summed E-state index contributed by atoms with van der Waals surface area (Å²) in [6.07, 6.45) is 1.37. The number of halogens is 1. The SMILES string of the molecule is CC(CON1C(=O)c2ccccc2C1=O)OCC=CCl. The molecular weight excluding hydrogens is 282 g/mol. The predicted octanol–water partition coefficient (Wildman–Crippen LogP) is 2.37. The second kappa shape index (κ2) is 6.65. The summed E-state index contributed by atoms with van der Waals surface area (Å²) < 4.78 is 5.34. The van der Waals surface area contributed by atoms with Crippen molar-refractivity contribution in [3.63, 3.8) is 0 Å². The van der Waals surface area contributed by atoms with Gasteiger partial charge in [0.05, 0.1) is 23.8 Å². The van der Waals surface area contributed by atoms with Crippen LogP contribution in [-0.2, 0) is 9.57 Å². The Morgan fingerprint density at radius 1 is 1.25 bits per heavy atom. The van der Waals surface area contributed by atoms with Gasteiger partial charge in [0.25, 0.3) is 11.8 Å². The Morgan fingerprint density at radius 3 is 2.40 bits per heavy atom. The molecule has 1 aromatic rings. The lowest BCUT2D eigenvalue weighted by Crippen LogP contribution is -2.33. The molecule has 1 heterocycles. The lowest BCUT2D eigenvalue weighted by atomic mass is 10.1. The highest BCUT2D eigenvalue weighted by molar-refractivity contribution is 6.25. The van der Waals surface area contributed by atoms with Gasteiger partial charge in [-0.3, -0.25) is 14.4 Å². The van der Waals surface area contributed by atoms with Crippen LogP contribution in [0.3, 0.4) is 0 Å². The minimum absolute atomic E-state index is 0.0988. The number of amides is 2. The van der Waals surface area contributed by atoms with Gasteiger partial charge in [-0.25, -0.2) is 0 Å². The first kappa shape index (κ1) is 14.7. The molecule has 0 radical (unpaired) electrons. The van der Waals surface area contributed by atoms with Crippen LogP contribution in [-0.4, -0.2) is 36.2 Å². The lowest BCUT2D eigenvalue weighted by Gasteiger charge is -2.17. The summed E-state index contributed by atoms with van der Waals surface area (Å²) >= 11 is 5.37. The van der Waals surface area contributed by atoms with Crippen LogP contribution in [0.15, 0.2) is 35.9 Å². The molecule has 1 aromatic carbocycles. The molecule has 1 atom stereocenters. The summed E-state index contributed by atoms with van der Waals surface area (Å²) in [6.45, 7) is 2.22. The number of hydrogen-bond donors (Lipinski definition) is 0. The van der Waals surface area contributed by atoms with Gasteiger partial charge in [-0.2, -0.15) is 0 Å². The maximum Gasteiger partial charge on any atom is 0.285 e. The van der Waals surface area contributed by atoms with E-state index in [1.54, 1.807) is 37.3 Å². The van der Waals surface area contributed by atoms with Gasteiger partial charge in [0.1, 0.15) is 6.61 Å². The van der Waals surface area contributed by atoms with Gasteiger partial charge in [0, 0.05) is 5.54 Å². The fourth-order valence-electron chi connectivity index (χ4n) is 1.77. The molecule has 0 fully saturated rings. The van der Waals surface area contributed by atoms with Crippen LogP contribution >= 0.6 is 11.6 Å². The maximum absolute atomic E-state index is 12.0. The molecule has 2 rings (SSSR count). The van der Waals surface area contributed by atoms with Crippen molar-refractivity contribution in [2.75, 3.05) is 13.2 Å². The van der Waals surface area contributed by atoms with Crippen LogP contribution in [0.25, 0.3) is 0 Å². The van der Waals surface area contributed by atoms with Gasteiger partial charge in [-0.15, -0.1) is 5.06 Å². The van der Waals surface area contributed by atoms with Crippen molar-refractivity contribution in [2.24, 2.45) is 0 Å². The Bertz CT molecular complexity index is 509. The Balaban J connectivity index is 1.92. The van der Waals surface area contributed by atoms with E-state index >= 15 is 0 Å². The number of imide groups is 1. The standard InChI is InChI=1S/C14H14ClNO4/c1-10(19-8-4-7-15)9-20-16-13(17)11-5-2-3-6-12(11)14(16)18/h2-7,10H,8-9H2,1H3. The van der Waals surface area contributed by atoms with Gasteiger partial charge >= 0.3 is 0 Å². The number of nitrogens with zero attached hydrogens (tertiary/aromatic N) is 1. The summed E-state index contributed by atoms with van der Waals surface area (Å²) in [7, 11) is 0. The largest absolute Gasteiger partial charge is 0.372 e. The molecule has 0 saturated heterocycles. The molecule has 0 spiro atoms. The predicted molar refractivity (Wildman–Crippen MR) is 73.3 cm³/mol. The van der Waals surface area contributed by atoms with Gasteiger partial charge in [0.15, 0.2) is 0 Å². The van der Waals surface area contributed by atoms with Crippen LogP contribution in [0.1, 0.15) is 27.6 Å². The molecule has 0 aliphatic carbocycles. The average molecular weight is 296 g/mol. The number of rotatable bonds is 6. The number of carbonyl (C=O) groups is 2. The zero-order valence-corrected chi connectivity index (χ0v) is 11.7. The van der Waals surface area contributed by atoms with Crippen molar-refractivity contribution in [1.82, 2.24) is 5.06 Å². The maximum atomic E-state index is 12.0. The minimum Gasteiger partial charge on any atom is -0.372 e. The number of benzene rings is 1. The highest BCUT2D eigenvalue weighted by Crippen LogP contribution is 2.22. The van der Waals surface area contributed by atoms with Crippen molar-refractivity contribution < 1.29 is 19.2 Å². The van der Waals surface area contributed by atoms with E-state index in [-0.39, 0.29) is 12.7 Å². The van der Waals surface area contributed by atoms with Gasteiger partial charge in [-0.1, -0.05) is 23.7 Å². The van der Waals surface area contributed by atoms with Crippen molar-refractivity contribution in [3.05, 3.63) is 47.0 Å². The molecular formula is C14H14ClNO4.